The average Bonchev–Trinajstić information content (AvgIpc) is 2.85. The number of ether oxygens (including phenoxy) is 2. The lowest BCUT2D eigenvalue weighted by atomic mass is 10.0. The van der Waals surface area contributed by atoms with Gasteiger partial charge in [0.2, 0.25) is 5.91 Å². The summed E-state index contributed by atoms with van der Waals surface area (Å²) >= 11 is 0. The summed E-state index contributed by atoms with van der Waals surface area (Å²) in [6.45, 7) is 1.21. The van der Waals surface area contributed by atoms with Gasteiger partial charge < -0.3 is 15.2 Å². The second kappa shape index (κ2) is 5.93. The fourth-order valence-electron chi connectivity index (χ4n) is 2.65. The zero-order valence-corrected chi connectivity index (χ0v) is 11.4. The topological polar surface area (TPSA) is 64.8 Å². The van der Waals surface area contributed by atoms with Crippen LogP contribution in [-0.2, 0) is 4.79 Å². The molecule has 1 aliphatic rings. The summed E-state index contributed by atoms with van der Waals surface area (Å²) in [4.78, 5) is 13.2. The van der Waals surface area contributed by atoms with Gasteiger partial charge >= 0.3 is 0 Å². The predicted octanol–water partition coefficient (Wildman–Crippen LogP) is 1.33. The molecule has 1 heterocycles. The molecular formula is C14H20N2O3. The number of hydrogen-bond acceptors (Lipinski definition) is 4. The van der Waals surface area contributed by atoms with Crippen LogP contribution in [0.15, 0.2) is 18.2 Å². The summed E-state index contributed by atoms with van der Waals surface area (Å²) < 4.78 is 10.6. The maximum atomic E-state index is 11.1. The second-order valence-corrected chi connectivity index (χ2v) is 4.71. The van der Waals surface area contributed by atoms with Crippen molar-refractivity contribution in [2.24, 2.45) is 5.73 Å². The lowest BCUT2D eigenvalue weighted by Gasteiger charge is -2.24. The van der Waals surface area contributed by atoms with E-state index in [0.29, 0.717) is 18.0 Å². The van der Waals surface area contributed by atoms with Gasteiger partial charge in [-0.2, -0.15) is 0 Å². The number of hydrogen-bond donors (Lipinski definition) is 1. The van der Waals surface area contributed by atoms with E-state index in [9.17, 15) is 4.79 Å². The maximum absolute atomic E-state index is 11.1. The van der Waals surface area contributed by atoms with Gasteiger partial charge in [0, 0.05) is 6.04 Å². The largest absolute Gasteiger partial charge is 0.493 e. The Bertz CT molecular complexity index is 462. The lowest BCUT2D eigenvalue weighted by Crippen LogP contribution is -2.33. The Balaban J connectivity index is 2.23. The number of rotatable bonds is 5. The van der Waals surface area contributed by atoms with Crippen LogP contribution in [0.5, 0.6) is 11.5 Å². The number of nitrogens with two attached hydrogens (primary N) is 1. The molecule has 2 rings (SSSR count). The van der Waals surface area contributed by atoms with Crippen LogP contribution in [0.1, 0.15) is 24.4 Å². The van der Waals surface area contributed by atoms with Crippen LogP contribution in [0.25, 0.3) is 0 Å². The molecule has 1 saturated heterocycles. The first-order valence-corrected chi connectivity index (χ1v) is 6.40. The molecule has 1 unspecified atom stereocenters. The number of methoxy groups -OCH3 is 2. The number of likely N-dealkylation sites (tertiary alicyclic amines) is 1. The van der Waals surface area contributed by atoms with Crippen LogP contribution < -0.4 is 15.2 Å². The number of amides is 1. The first-order valence-electron chi connectivity index (χ1n) is 6.40. The van der Waals surface area contributed by atoms with Gasteiger partial charge in [0.05, 0.1) is 20.8 Å². The van der Waals surface area contributed by atoms with Gasteiger partial charge in [-0.3, -0.25) is 9.69 Å². The molecule has 5 nitrogen and oxygen atoms in total. The van der Waals surface area contributed by atoms with Crippen LogP contribution >= 0.6 is 0 Å². The van der Waals surface area contributed by atoms with Crippen molar-refractivity contribution >= 4 is 5.91 Å². The molecule has 1 aliphatic heterocycles. The molecule has 104 valence electrons. The molecule has 5 heteroatoms. The smallest absolute Gasteiger partial charge is 0.231 e. The lowest BCUT2D eigenvalue weighted by molar-refractivity contribution is -0.119. The van der Waals surface area contributed by atoms with E-state index in [4.69, 9.17) is 15.2 Å². The van der Waals surface area contributed by atoms with Crippen LogP contribution in [0, 0.1) is 0 Å². The van der Waals surface area contributed by atoms with E-state index in [1.807, 2.05) is 18.2 Å². The fraction of sp³-hybridized carbons (Fsp3) is 0.500. The van der Waals surface area contributed by atoms with Gasteiger partial charge in [0.15, 0.2) is 11.5 Å². The maximum Gasteiger partial charge on any atom is 0.231 e. The predicted molar refractivity (Wildman–Crippen MR) is 72.3 cm³/mol. The van der Waals surface area contributed by atoms with Crippen molar-refractivity contribution in [3.05, 3.63) is 23.8 Å². The first kappa shape index (κ1) is 13.7. The Hall–Kier alpha value is -1.75. The molecule has 0 bridgehead atoms. The molecule has 1 amide bonds. The Morgan fingerprint density at radius 3 is 2.74 bits per heavy atom. The minimum absolute atomic E-state index is 0.229. The Labute approximate surface area is 113 Å². The van der Waals surface area contributed by atoms with E-state index in [0.717, 1.165) is 24.9 Å². The van der Waals surface area contributed by atoms with Gasteiger partial charge in [0.1, 0.15) is 0 Å². The SMILES string of the molecule is COc1ccc(C2CCCN2CC(N)=O)cc1OC. The van der Waals surface area contributed by atoms with Crippen LogP contribution in [0.3, 0.4) is 0 Å². The third-order valence-electron chi connectivity index (χ3n) is 3.51. The standard InChI is InChI=1S/C14H20N2O3/c1-18-12-6-5-10(8-13(12)19-2)11-4-3-7-16(11)9-14(15)17/h5-6,8,11H,3-4,7,9H2,1-2H3,(H2,15,17). The van der Waals surface area contributed by atoms with Gasteiger partial charge in [-0.25, -0.2) is 0 Å². The van der Waals surface area contributed by atoms with Gasteiger partial charge in [0.25, 0.3) is 0 Å². The number of carbonyl (C=O) groups excluding carboxylic acids is 1. The third-order valence-corrected chi connectivity index (χ3v) is 3.51. The summed E-state index contributed by atoms with van der Waals surface area (Å²) in [5.41, 5.74) is 6.42. The minimum Gasteiger partial charge on any atom is -0.493 e. The van der Waals surface area contributed by atoms with Crippen molar-refractivity contribution < 1.29 is 14.3 Å². The molecule has 0 saturated carbocycles. The Morgan fingerprint density at radius 2 is 2.11 bits per heavy atom. The highest BCUT2D eigenvalue weighted by molar-refractivity contribution is 5.76. The van der Waals surface area contributed by atoms with Gasteiger partial charge in [-0.15, -0.1) is 0 Å². The molecule has 1 atom stereocenters. The Kier molecular flexibility index (Phi) is 4.27. The summed E-state index contributed by atoms with van der Waals surface area (Å²) in [6, 6.07) is 6.12. The van der Waals surface area contributed by atoms with E-state index >= 15 is 0 Å². The highest BCUT2D eigenvalue weighted by Gasteiger charge is 2.27. The van der Waals surface area contributed by atoms with Crippen molar-refractivity contribution in [1.29, 1.82) is 0 Å². The van der Waals surface area contributed by atoms with Gasteiger partial charge in [-0.05, 0) is 37.1 Å². The van der Waals surface area contributed by atoms with E-state index in [2.05, 4.69) is 4.90 Å². The molecule has 2 N–H and O–H groups in total. The molecule has 0 radical (unpaired) electrons. The van der Waals surface area contributed by atoms with Crippen molar-refractivity contribution in [1.82, 2.24) is 4.90 Å². The van der Waals surface area contributed by atoms with Crippen molar-refractivity contribution in [3.63, 3.8) is 0 Å². The zero-order valence-electron chi connectivity index (χ0n) is 11.4. The van der Waals surface area contributed by atoms with E-state index in [-0.39, 0.29) is 11.9 Å². The summed E-state index contributed by atoms with van der Waals surface area (Å²) in [5.74, 6) is 1.14. The molecule has 1 aromatic rings. The average molecular weight is 264 g/mol. The van der Waals surface area contributed by atoms with Gasteiger partial charge in [-0.1, -0.05) is 6.07 Å². The highest BCUT2D eigenvalue weighted by atomic mass is 16.5. The summed E-state index contributed by atoms with van der Waals surface area (Å²) in [7, 11) is 3.24. The molecule has 0 spiro atoms. The molecular weight excluding hydrogens is 244 g/mol. The quantitative estimate of drug-likeness (QED) is 0.871. The van der Waals surface area contributed by atoms with E-state index in [1.54, 1.807) is 14.2 Å². The van der Waals surface area contributed by atoms with E-state index < -0.39 is 0 Å². The molecule has 0 aromatic heterocycles. The number of carbonyl (C=O) groups is 1. The van der Waals surface area contributed by atoms with Crippen molar-refractivity contribution in [3.8, 4) is 11.5 Å². The second-order valence-electron chi connectivity index (χ2n) is 4.71. The summed E-state index contributed by atoms with van der Waals surface area (Å²) in [6.07, 6.45) is 2.11. The normalized spacial score (nSPS) is 19.4. The van der Waals surface area contributed by atoms with Crippen molar-refractivity contribution in [2.45, 2.75) is 18.9 Å². The van der Waals surface area contributed by atoms with Crippen LogP contribution in [0.2, 0.25) is 0 Å². The van der Waals surface area contributed by atoms with Crippen LogP contribution in [-0.4, -0.2) is 38.1 Å². The monoisotopic (exact) mass is 264 g/mol. The number of primary amides is 1. The molecule has 1 fully saturated rings. The molecule has 19 heavy (non-hydrogen) atoms. The Morgan fingerprint density at radius 1 is 1.37 bits per heavy atom. The minimum atomic E-state index is -0.285. The van der Waals surface area contributed by atoms with Crippen LogP contribution in [0.4, 0.5) is 0 Å². The molecule has 1 aromatic carbocycles. The highest BCUT2D eigenvalue weighted by Crippen LogP contribution is 2.36. The zero-order chi connectivity index (χ0) is 13.8. The number of benzene rings is 1. The summed E-state index contributed by atoms with van der Waals surface area (Å²) in [5, 5.41) is 0. The molecule has 0 aliphatic carbocycles. The fourth-order valence-corrected chi connectivity index (χ4v) is 2.65. The third kappa shape index (κ3) is 2.98. The number of nitrogens with zero attached hydrogens (tertiary/aromatic N) is 1. The first-order chi connectivity index (χ1) is 9.15. The van der Waals surface area contributed by atoms with Crippen molar-refractivity contribution in [2.75, 3.05) is 27.3 Å². The van der Waals surface area contributed by atoms with E-state index in [1.165, 1.54) is 0 Å².